The third-order valence-corrected chi connectivity index (χ3v) is 2.67. The number of amides is 1. The summed E-state index contributed by atoms with van der Waals surface area (Å²) in [7, 11) is 0. The summed E-state index contributed by atoms with van der Waals surface area (Å²) < 4.78 is 1.80. The molecule has 0 aliphatic heterocycles. The molecule has 4 nitrogen and oxygen atoms in total. The van der Waals surface area contributed by atoms with Crippen LogP contribution < -0.4 is 5.32 Å². The van der Waals surface area contributed by atoms with Crippen molar-refractivity contribution in [3.05, 3.63) is 36.3 Å². The van der Waals surface area contributed by atoms with Gasteiger partial charge in [0, 0.05) is 18.9 Å². The fourth-order valence-corrected chi connectivity index (χ4v) is 1.70. The Morgan fingerprint density at radius 1 is 1.47 bits per heavy atom. The van der Waals surface area contributed by atoms with E-state index in [2.05, 4.69) is 24.1 Å². The van der Waals surface area contributed by atoms with Crippen LogP contribution in [0.5, 0.6) is 0 Å². The highest BCUT2D eigenvalue weighted by Crippen LogP contribution is 2.06. The molecule has 0 radical (unpaired) electrons. The van der Waals surface area contributed by atoms with E-state index in [9.17, 15) is 4.79 Å². The molecule has 0 saturated heterocycles. The Kier molecular flexibility index (Phi) is 3.42. The highest BCUT2D eigenvalue weighted by atomic mass is 16.1. The Morgan fingerprint density at radius 2 is 2.29 bits per heavy atom. The molecule has 0 bridgehead atoms. The first kappa shape index (κ1) is 11.6. The van der Waals surface area contributed by atoms with Crippen LogP contribution in [-0.2, 0) is 0 Å². The zero-order chi connectivity index (χ0) is 12.3. The number of fused-ring (bicyclic) bond motifs is 1. The lowest BCUT2D eigenvalue weighted by atomic mass is 10.1. The van der Waals surface area contributed by atoms with Gasteiger partial charge >= 0.3 is 0 Å². The lowest BCUT2D eigenvalue weighted by molar-refractivity contribution is 0.0945. The van der Waals surface area contributed by atoms with Crippen molar-refractivity contribution in [2.45, 2.75) is 20.3 Å². The van der Waals surface area contributed by atoms with Gasteiger partial charge in [0.25, 0.3) is 5.91 Å². The predicted octanol–water partition coefficient (Wildman–Crippen LogP) is 2.11. The van der Waals surface area contributed by atoms with Gasteiger partial charge in [0.15, 0.2) is 0 Å². The molecule has 0 aromatic carbocycles. The number of carbonyl (C=O) groups excluding carboxylic acids is 1. The van der Waals surface area contributed by atoms with Crippen LogP contribution in [0.2, 0.25) is 0 Å². The molecule has 0 aliphatic carbocycles. The smallest absolute Gasteiger partial charge is 0.268 e. The van der Waals surface area contributed by atoms with E-state index in [4.69, 9.17) is 0 Å². The molecular weight excluding hydrogens is 214 g/mol. The molecule has 2 heterocycles. The van der Waals surface area contributed by atoms with Gasteiger partial charge in [-0.15, -0.1) is 0 Å². The standard InChI is InChI=1S/C13H17N3O/c1-10(2)6-7-15-13(17)11-4-3-5-12-14-8-9-16(11)12/h3-5,8-10H,6-7H2,1-2H3,(H,15,17). The maximum Gasteiger partial charge on any atom is 0.268 e. The highest BCUT2D eigenvalue weighted by Gasteiger charge is 2.09. The van der Waals surface area contributed by atoms with Gasteiger partial charge in [-0.3, -0.25) is 9.20 Å². The fraction of sp³-hybridized carbons (Fsp3) is 0.385. The van der Waals surface area contributed by atoms with Gasteiger partial charge in [0.05, 0.1) is 0 Å². The van der Waals surface area contributed by atoms with E-state index in [1.54, 1.807) is 22.9 Å². The van der Waals surface area contributed by atoms with Crippen molar-refractivity contribution in [1.29, 1.82) is 0 Å². The number of rotatable bonds is 4. The quantitative estimate of drug-likeness (QED) is 0.876. The predicted molar refractivity (Wildman–Crippen MR) is 67.0 cm³/mol. The molecule has 2 rings (SSSR count). The van der Waals surface area contributed by atoms with Gasteiger partial charge in [-0.05, 0) is 24.5 Å². The van der Waals surface area contributed by atoms with Crippen LogP contribution in [0.1, 0.15) is 30.8 Å². The zero-order valence-electron chi connectivity index (χ0n) is 10.2. The van der Waals surface area contributed by atoms with Crippen molar-refractivity contribution >= 4 is 11.6 Å². The second-order valence-corrected chi connectivity index (χ2v) is 4.50. The Labute approximate surface area is 101 Å². The zero-order valence-corrected chi connectivity index (χ0v) is 10.2. The van der Waals surface area contributed by atoms with Gasteiger partial charge in [0.1, 0.15) is 11.3 Å². The number of nitrogens with zero attached hydrogens (tertiary/aromatic N) is 2. The van der Waals surface area contributed by atoms with Crippen LogP contribution in [0.4, 0.5) is 0 Å². The van der Waals surface area contributed by atoms with E-state index in [0.29, 0.717) is 18.2 Å². The van der Waals surface area contributed by atoms with E-state index in [0.717, 1.165) is 12.1 Å². The van der Waals surface area contributed by atoms with Crippen LogP contribution in [-0.4, -0.2) is 21.8 Å². The average molecular weight is 231 g/mol. The van der Waals surface area contributed by atoms with Crippen molar-refractivity contribution < 1.29 is 4.79 Å². The van der Waals surface area contributed by atoms with E-state index in [-0.39, 0.29) is 5.91 Å². The molecule has 0 spiro atoms. The second kappa shape index (κ2) is 4.99. The largest absolute Gasteiger partial charge is 0.351 e. The third-order valence-electron chi connectivity index (χ3n) is 2.67. The molecule has 0 aliphatic rings. The molecule has 4 heteroatoms. The van der Waals surface area contributed by atoms with Crippen molar-refractivity contribution in [3.8, 4) is 0 Å². The Balaban J connectivity index is 2.11. The number of carbonyl (C=O) groups is 1. The second-order valence-electron chi connectivity index (χ2n) is 4.50. The molecule has 1 N–H and O–H groups in total. The number of nitrogens with one attached hydrogen (secondary N) is 1. The van der Waals surface area contributed by atoms with Crippen molar-refractivity contribution in [2.24, 2.45) is 5.92 Å². The Hall–Kier alpha value is -1.84. The van der Waals surface area contributed by atoms with Crippen molar-refractivity contribution in [1.82, 2.24) is 14.7 Å². The highest BCUT2D eigenvalue weighted by molar-refractivity contribution is 5.93. The topological polar surface area (TPSA) is 46.4 Å². The summed E-state index contributed by atoms with van der Waals surface area (Å²) in [5, 5.41) is 2.92. The average Bonchev–Trinajstić information content (AvgIpc) is 2.75. The van der Waals surface area contributed by atoms with Crippen LogP contribution in [0.25, 0.3) is 5.65 Å². The SMILES string of the molecule is CC(C)CCNC(=O)c1cccc2nccn12. The maximum absolute atomic E-state index is 12.0. The first-order valence-corrected chi connectivity index (χ1v) is 5.89. The minimum atomic E-state index is -0.0470. The van der Waals surface area contributed by atoms with Crippen molar-refractivity contribution in [3.63, 3.8) is 0 Å². The number of pyridine rings is 1. The van der Waals surface area contributed by atoms with Crippen LogP contribution in [0.3, 0.4) is 0 Å². The summed E-state index contributed by atoms with van der Waals surface area (Å²) in [4.78, 5) is 16.1. The van der Waals surface area contributed by atoms with Gasteiger partial charge in [-0.2, -0.15) is 0 Å². The summed E-state index contributed by atoms with van der Waals surface area (Å²) in [5.74, 6) is 0.550. The lowest BCUT2D eigenvalue weighted by Gasteiger charge is -2.08. The summed E-state index contributed by atoms with van der Waals surface area (Å²) >= 11 is 0. The van der Waals surface area contributed by atoms with E-state index in [1.807, 2.05) is 12.1 Å². The number of hydrogen-bond donors (Lipinski definition) is 1. The van der Waals surface area contributed by atoms with Gasteiger partial charge in [0.2, 0.25) is 0 Å². The minimum Gasteiger partial charge on any atom is -0.351 e. The van der Waals surface area contributed by atoms with E-state index >= 15 is 0 Å². The van der Waals surface area contributed by atoms with E-state index in [1.165, 1.54) is 0 Å². The van der Waals surface area contributed by atoms with E-state index < -0.39 is 0 Å². The Morgan fingerprint density at radius 3 is 3.06 bits per heavy atom. The summed E-state index contributed by atoms with van der Waals surface area (Å²) in [6, 6.07) is 5.53. The fourth-order valence-electron chi connectivity index (χ4n) is 1.70. The van der Waals surface area contributed by atoms with Crippen LogP contribution in [0.15, 0.2) is 30.6 Å². The molecule has 1 amide bonds. The first-order valence-electron chi connectivity index (χ1n) is 5.89. The number of hydrogen-bond acceptors (Lipinski definition) is 2. The van der Waals surface area contributed by atoms with Crippen molar-refractivity contribution in [2.75, 3.05) is 6.54 Å². The number of imidazole rings is 1. The molecule has 17 heavy (non-hydrogen) atoms. The summed E-state index contributed by atoms with van der Waals surface area (Å²) in [6.45, 7) is 4.99. The van der Waals surface area contributed by atoms with Gasteiger partial charge < -0.3 is 5.32 Å². The van der Waals surface area contributed by atoms with Gasteiger partial charge in [-0.25, -0.2) is 4.98 Å². The lowest BCUT2D eigenvalue weighted by Crippen LogP contribution is -2.27. The molecule has 2 aromatic heterocycles. The maximum atomic E-state index is 12.0. The Bertz CT molecular complexity index is 516. The molecule has 0 unspecified atom stereocenters. The minimum absolute atomic E-state index is 0.0470. The monoisotopic (exact) mass is 231 g/mol. The molecule has 2 aromatic rings. The van der Waals surface area contributed by atoms with Gasteiger partial charge in [-0.1, -0.05) is 19.9 Å². The van der Waals surface area contributed by atoms with Crippen LogP contribution >= 0.6 is 0 Å². The summed E-state index contributed by atoms with van der Waals surface area (Å²) in [6.07, 6.45) is 4.48. The molecule has 90 valence electrons. The first-order chi connectivity index (χ1) is 8.18. The third kappa shape index (κ3) is 2.64. The normalized spacial score (nSPS) is 11.0. The molecule has 0 fully saturated rings. The molecule has 0 saturated carbocycles. The molecule has 0 atom stereocenters. The summed E-state index contributed by atoms with van der Waals surface area (Å²) in [5.41, 5.74) is 1.42. The molecular formula is C13H17N3O. The van der Waals surface area contributed by atoms with Crippen LogP contribution in [0, 0.1) is 5.92 Å². The number of aromatic nitrogens is 2.